The number of hydrogen-bond donors (Lipinski definition) is 3. The van der Waals surface area contributed by atoms with E-state index in [4.69, 9.17) is 4.74 Å². The summed E-state index contributed by atoms with van der Waals surface area (Å²) in [7, 11) is 3.49. The highest BCUT2D eigenvalue weighted by molar-refractivity contribution is 9.10. The molecule has 1 atom stereocenters. The second kappa shape index (κ2) is 11.7. The third-order valence-corrected chi connectivity index (χ3v) is 7.00. The zero-order chi connectivity index (χ0) is 26.5. The number of pyridine rings is 1. The average molecular weight is 576 g/mol. The summed E-state index contributed by atoms with van der Waals surface area (Å²) in [6.07, 6.45) is 4.43. The number of aromatic nitrogens is 1. The minimum absolute atomic E-state index is 0.164. The molecule has 2 aliphatic rings. The van der Waals surface area contributed by atoms with E-state index in [2.05, 4.69) is 36.9 Å². The summed E-state index contributed by atoms with van der Waals surface area (Å²) in [6, 6.07) is 2.72. The first kappa shape index (κ1) is 26.6. The van der Waals surface area contributed by atoms with Crippen LogP contribution >= 0.6 is 15.9 Å². The maximum absolute atomic E-state index is 13.5. The Bertz CT molecular complexity index is 1190. The Morgan fingerprint density at radius 2 is 1.84 bits per heavy atom. The van der Waals surface area contributed by atoms with Crippen molar-refractivity contribution in [3.63, 3.8) is 0 Å². The van der Waals surface area contributed by atoms with E-state index < -0.39 is 4.92 Å². The third-order valence-electron chi connectivity index (χ3n) is 6.54. The van der Waals surface area contributed by atoms with Crippen molar-refractivity contribution in [1.82, 2.24) is 14.8 Å². The van der Waals surface area contributed by atoms with Gasteiger partial charge in [-0.05, 0) is 18.9 Å². The third kappa shape index (κ3) is 5.77. The van der Waals surface area contributed by atoms with Gasteiger partial charge in [-0.2, -0.15) is 0 Å². The number of benzene rings is 1. The molecule has 4 rings (SSSR count). The summed E-state index contributed by atoms with van der Waals surface area (Å²) in [4.78, 5) is 45.8. The van der Waals surface area contributed by atoms with Crippen LogP contribution < -0.4 is 16.0 Å². The Hall–Kier alpha value is -3.45. The second-order valence-electron chi connectivity index (χ2n) is 8.85. The number of ether oxygens (including phenoxy) is 1. The quantitative estimate of drug-likeness (QED) is 0.335. The van der Waals surface area contributed by atoms with E-state index in [0.29, 0.717) is 73.6 Å². The van der Waals surface area contributed by atoms with Crippen molar-refractivity contribution in [2.24, 2.45) is 0 Å². The Morgan fingerprint density at radius 3 is 2.57 bits per heavy atom. The SMILES string of the molecule is CNc1cncc(C(=O)N2CCC(Nc3c(C(=O)N4CCCOCC4)cc(Br)cc3[N+](=O)[O-])C2)c1NC. The van der Waals surface area contributed by atoms with E-state index in [1.165, 1.54) is 12.3 Å². The number of amides is 2. The standard InChI is InChI=1S/C24H30BrN7O5/c1-26-19-13-28-12-18(21(19)27-2)24(34)31-6-4-16(14-31)29-22-17(10-15(25)11-20(22)32(35)36)23(33)30-5-3-8-37-9-7-30/h10-13,16,26,29H,3-9,14H2,1-2H3,(H,27,28). The van der Waals surface area contributed by atoms with Gasteiger partial charge in [-0.3, -0.25) is 24.7 Å². The highest BCUT2D eigenvalue weighted by Gasteiger charge is 2.33. The lowest BCUT2D eigenvalue weighted by Gasteiger charge is -2.23. The lowest BCUT2D eigenvalue weighted by molar-refractivity contribution is -0.384. The number of carbonyl (C=O) groups excluding carboxylic acids is 2. The first-order valence-electron chi connectivity index (χ1n) is 12.1. The van der Waals surface area contributed by atoms with Crippen LogP contribution in [0.4, 0.5) is 22.7 Å². The molecule has 13 heteroatoms. The number of halogens is 1. The van der Waals surface area contributed by atoms with Crippen molar-refractivity contribution >= 4 is 50.5 Å². The molecule has 0 spiro atoms. The Morgan fingerprint density at radius 1 is 1.05 bits per heavy atom. The van der Waals surface area contributed by atoms with E-state index in [1.54, 1.807) is 36.2 Å². The highest BCUT2D eigenvalue weighted by Crippen LogP contribution is 2.35. The molecule has 0 aliphatic carbocycles. The van der Waals surface area contributed by atoms with Gasteiger partial charge in [0.2, 0.25) is 0 Å². The van der Waals surface area contributed by atoms with Crippen LogP contribution in [-0.4, -0.2) is 91.1 Å². The Balaban J connectivity index is 1.58. The van der Waals surface area contributed by atoms with Gasteiger partial charge in [-0.1, -0.05) is 15.9 Å². The molecular weight excluding hydrogens is 546 g/mol. The molecule has 1 aromatic carbocycles. The molecule has 198 valence electrons. The molecule has 2 fully saturated rings. The van der Waals surface area contributed by atoms with Gasteiger partial charge < -0.3 is 30.5 Å². The van der Waals surface area contributed by atoms with Gasteiger partial charge >= 0.3 is 0 Å². The van der Waals surface area contributed by atoms with Gasteiger partial charge in [0, 0.05) is 69.7 Å². The molecule has 37 heavy (non-hydrogen) atoms. The van der Waals surface area contributed by atoms with Crippen molar-refractivity contribution < 1.29 is 19.2 Å². The normalized spacial score (nSPS) is 17.8. The number of likely N-dealkylation sites (tertiary alicyclic amines) is 1. The number of hydrogen-bond acceptors (Lipinski definition) is 9. The zero-order valence-corrected chi connectivity index (χ0v) is 22.3. The summed E-state index contributed by atoms with van der Waals surface area (Å²) in [5.41, 5.74) is 1.97. The molecule has 0 radical (unpaired) electrons. The Labute approximate surface area is 223 Å². The minimum Gasteiger partial charge on any atom is -0.386 e. The number of nitrogens with zero attached hydrogens (tertiary/aromatic N) is 4. The summed E-state index contributed by atoms with van der Waals surface area (Å²) < 4.78 is 5.90. The average Bonchev–Trinajstić information content (AvgIpc) is 3.19. The molecule has 2 saturated heterocycles. The number of nitro groups is 1. The summed E-state index contributed by atoms with van der Waals surface area (Å²) in [6.45, 7) is 2.70. The van der Waals surface area contributed by atoms with Crippen LogP contribution in [0.15, 0.2) is 29.0 Å². The van der Waals surface area contributed by atoms with Crippen molar-refractivity contribution in [2.45, 2.75) is 18.9 Å². The molecule has 0 saturated carbocycles. The first-order chi connectivity index (χ1) is 17.8. The molecule has 2 amide bonds. The largest absolute Gasteiger partial charge is 0.386 e. The fraction of sp³-hybridized carbons (Fsp3) is 0.458. The summed E-state index contributed by atoms with van der Waals surface area (Å²) >= 11 is 3.32. The van der Waals surface area contributed by atoms with Crippen molar-refractivity contribution in [1.29, 1.82) is 0 Å². The van der Waals surface area contributed by atoms with Gasteiger partial charge in [0.05, 0.1) is 40.2 Å². The van der Waals surface area contributed by atoms with E-state index in [1.807, 2.05) is 0 Å². The molecule has 3 N–H and O–H groups in total. The molecule has 12 nitrogen and oxygen atoms in total. The van der Waals surface area contributed by atoms with Gasteiger partial charge in [-0.15, -0.1) is 0 Å². The fourth-order valence-electron chi connectivity index (χ4n) is 4.69. The topological polar surface area (TPSA) is 142 Å². The summed E-state index contributed by atoms with van der Waals surface area (Å²) in [5.74, 6) is -0.485. The molecule has 3 heterocycles. The molecule has 1 unspecified atom stereocenters. The van der Waals surface area contributed by atoms with Gasteiger partial charge in [-0.25, -0.2) is 0 Å². The van der Waals surface area contributed by atoms with Crippen LogP contribution in [0.3, 0.4) is 0 Å². The van der Waals surface area contributed by atoms with Gasteiger partial charge in [0.25, 0.3) is 17.5 Å². The maximum Gasteiger partial charge on any atom is 0.294 e. The first-order valence-corrected chi connectivity index (χ1v) is 12.9. The van der Waals surface area contributed by atoms with E-state index >= 15 is 0 Å². The predicted octanol–water partition coefficient (Wildman–Crippen LogP) is 3.02. The minimum atomic E-state index is -0.499. The predicted molar refractivity (Wildman–Crippen MR) is 143 cm³/mol. The number of nitrogens with one attached hydrogen (secondary N) is 3. The number of carbonyl (C=O) groups is 2. The van der Waals surface area contributed by atoms with Crippen LogP contribution in [0.25, 0.3) is 0 Å². The lowest BCUT2D eigenvalue weighted by Crippen LogP contribution is -2.35. The van der Waals surface area contributed by atoms with Crippen molar-refractivity contribution in [3.8, 4) is 0 Å². The molecule has 2 aromatic rings. The fourth-order valence-corrected chi connectivity index (χ4v) is 5.14. The zero-order valence-electron chi connectivity index (χ0n) is 20.8. The monoisotopic (exact) mass is 575 g/mol. The van der Waals surface area contributed by atoms with E-state index in [-0.39, 0.29) is 34.8 Å². The van der Waals surface area contributed by atoms with Crippen LogP contribution in [0, 0.1) is 10.1 Å². The van der Waals surface area contributed by atoms with Crippen LogP contribution in [0.5, 0.6) is 0 Å². The summed E-state index contributed by atoms with van der Waals surface area (Å²) in [5, 5.41) is 21.3. The van der Waals surface area contributed by atoms with Gasteiger partial charge in [0.1, 0.15) is 5.69 Å². The van der Waals surface area contributed by atoms with Crippen molar-refractivity contribution in [3.05, 3.63) is 50.2 Å². The number of rotatable bonds is 7. The molecule has 2 aliphatic heterocycles. The lowest BCUT2D eigenvalue weighted by atomic mass is 10.1. The smallest absolute Gasteiger partial charge is 0.294 e. The molecule has 0 bridgehead atoms. The van der Waals surface area contributed by atoms with Gasteiger partial charge in [0.15, 0.2) is 0 Å². The number of anilines is 3. The maximum atomic E-state index is 13.5. The van der Waals surface area contributed by atoms with E-state index in [0.717, 1.165) is 0 Å². The second-order valence-corrected chi connectivity index (χ2v) is 9.77. The highest BCUT2D eigenvalue weighted by atomic mass is 79.9. The number of nitro benzene ring substituents is 1. The molecule has 1 aromatic heterocycles. The van der Waals surface area contributed by atoms with Crippen molar-refractivity contribution in [2.75, 3.05) is 69.4 Å². The van der Waals surface area contributed by atoms with Crippen LogP contribution in [0.2, 0.25) is 0 Å². The van der Waals surface area contributed by atoms with Crippen LogP contribution in [-0.2, 0) is 4.74 Å². The van der Waals surface area contributed by atoms with E-state index in [9.17, 15) is 19.7 Å². The molecular formula is C24H30BrN7O5. The Kier molecular flexibility index (Phi) is 8.44. The van der Waals surface area contributed by atoms with Crippen LogP contribution in [0.1, 0.15) is 33.6 Å².